The normalized spacial score (nSPS) is 23.5. The smallest absolute Gasteiger partial charge is 0.195 e. The molecule has 0 saturated carbocycles. The minimum absolute atomic E-state index is 0.00906. The summed E-state index contributed by atoms with van der Waals surface area (Å²) in [6, 6.07) is 0.00906. The maximum atomic E-state index is 12.5. The fraction of sp³-hybridized carbons (Fsp3) is 1.00. The minimum Gasteiger partial charge on any atom is -0.195 e. The molecule has 1 heterocycles. The van der Waals surface area contributed by atoms with Gasteiger partial charge in [0.2, 0.25) is 0 Å². The monoisotopic (exact) mass is 326 g/mol. The molecule has 0 aromatic rings. The standard InChI is InChI=1S/C11H23BrN2O2S/c1-10(2)14(8-6-12)17(15,16)13-7-4-5-11(3)9-13/h10-11H,4-9H2,1-3H3. The van der Waals surface area contributed by atoms with Crippen molar-refractivity contribution in [1.29, 1.82) is 0 Å². The summed E-state index contributed by atoms with van der Waals surface area (Å²) in [7, 11) is -3.28. The predicted molar refractivity (Wildman–Crippen MR) is 74.5 cm³/mol. The van der Waals surface area contributed by atoms with E-state index in [1.807, 2.05) is 13.8 Å². The van der Waals surface area contributed by atoms with Gasteiger partial charge in [-0.3, -0.25) is 0 Å². The first kappa shape index (κ1) is 15.4. The number of hydrogen-bond donors (Lipinski definition) is 0. The molecule has 1 atom stereocenters. The first-order valence-electron chi connectivity index (χ1n) is 6.22. The van der Waals surface area contributed by atoms with Crippen molar-refractivity contribution in [2.45, 2.75) is 39.7 Å². The van der Waals surface area contributed by atoms with E-state index >= 15 is 0 Å². The van der Waals surface area contributed by atoms with Gasteiger partial charge in [0.1, 0.15) is 0 Å². The molecule has 0 aromatic heterocycles. The van der Waals surface area contributed by atoms with Crippen molar-refractivity contribution in [3.05, 3.63) is 0 Å². The molecule has 4 nitrogen and oxygen atoms in total. The summed E-state index contributed by atoms with van der Waals surface area (Å²) < 4.78 is 28.2. The number of halogens is 1. The van der Waals surface area contributed by atoms with Gasteiger partial charge in [-0.15, -0.1) is 0 Å². The topological polar surface area (TPSA) is 40.6 Å². The molecule has 102 valence electrons. The summed E-state index contributed by atoms with van der Waals surface area (Å²) in [4.78, 5) is 0. The van der Waals surface area contributed by atoms with Crippen molar-refractivity contribution < 1.29 is 8.42 Å². The number of piperidine rings is 1. The Morgan fingerprint density at radius 2 is 2.12 bits per heavy atom. The van der Waals surface area contributed by atoms with E-state index < -0.39 is 10.2 Å². The van der Waals surface area contributed by atoms with Crippen LogP contribution in [0.1, 0.15) is 33.6 Å². The molecule has 0 radical (unpaired) electrons. The number of alkyl halides is 1. The Hall–Kier alpha value is 0.350. The molecule has 0 N–H and O–H groups in total. The molecule has 0 aliphatic carbocycles. The summed E-state index contributed by atoms with van der Waals surface area (Å²) in [6.45, 7) is 7.82. The van der Waals surface area contributed by atoms with Crippen molar-refractivity contribution in [2.24, 2.45) is 5.92 Å². The van der Waals surface area contributed by atoms with Crippen LogP contribution in [0.2, 0.25) is 0 Å². The van der Waals surface area contributed by atoms with Crippen LogP contribution in [0, 0.1) is 5.92 Å². The third kappa shape index (κ3) is 3.91. The zero-order valence-corrected chi connectivity index (χ0v) is 13.3. The third-order valence-electron chi connectivity index (χ3n) is 3.12. The summed E-state index contributed by atoms with van der Waals surface area (Å²) >= 11 is 3.32. The first-order valence-corrected chi connectivity index (χ1v) is 8.74. The van der Waals surface area contributed by atoms with Gasteiger partial charge in [-0.05, 0) is 32.6 Å². The zero-order chi connectivity index (χ0) is 13.1. The van der Waals surface area contributed by atoms with Gasteiger partial charge in [0.25, 0.3) is 10.2 Å². The molecule has 0 amide bonds. The average Bonchev–Trinajstić information content (AvgIpc) is 2.25. The Bertz CT molecular complexity index is 332. The molecule has 6 heteroatoms. The van der Waals surface area contributed by atoms with Crippen LogP contribution in [-0.2, 0) is 10.2 Å². The van der Waals surface area contributed by atoms with E-state index in [1.165, 1.54) is 0 Å². The molecular formula is C11H23BrN2O2S. The van der Waals surface area contributed by atoms with Crippen molar-refractivity contribution in [1.82, 2.24) is 8.61 Å². The van der Waals surface area contributed by atoms with Crippen LogP contribution in [0.4, 0.5) is 0 Å². The fourth-order valence-corrected chi connectivity index (χ4v) is 4.80. The van der Waals surface area contributed by atoms with E-state index in [9.17, 15) is 8.42 Å². The van der Waals surface area contributed by atoms with Crippen molar-refractivity contribution >= 4 is 26.1 Å². The van der Waals surface area contributed by atoms with Crippen LogP contribution in [0.15, 0.2) is 0 Å². The molecule has 1 rings (SSSR count). The van der Waals surface area contributed by atoms with E-state index in [1.54, 1.807) is 8.61 Å². The lowest BCUT2D eigenvalue weighted by Gasteiger charge is -2.35. The van der Waals surface area contributed by atoms with Crippen LogP contribution in [-0.4, -0.2) is 48.0 Å². The largest absolute Gasteiger partial charge is 0.282 e. The first-order chi connectivity index (χ1) is 7.89. The van der Waals surface area contributed by atoms with Crippen LogP contribution in [0.25, 0.3) is 0 Å². The van der Waals surface area contributed by atoms with E-state index in [0.717, 1.165) is 12.8 Å². The number of rotatable bonds is 5. The molecule has 1 fully saturated rings. The van der Waals surface area contributed by atoms with E-state index in [4.69, 9.17) is 0 Å². The highest BCUT2D eigenvalue weighted by Gasteiger charge is 2.33. The molecule has 1 aliphatic rings. The predicted octanol–water partition coefficient (Wildman–Crippen LogP) is 2.07. The van der Waals surface area contributed by atoms with Gasteiger partial charge in [-0.1, -0.05) is 22.9 Å². The highest BCUT2D eigenvalue weighted by Crippen LogP contribution is 2.21. The lowest BCUT2D eigenvalue weighted by molar-refractivity contribution is 0.250. The molecule has 1 unspecified atom stereocenters. The minimum atomic E-state index is -3.28. The number of nitrogens with zero attached hydrogens (tertiary/aromatic N) is 2. The van der Waals surface area contributed by atoms with Gasteiger partial charge < -0.3 is 0 Å². The van der Waals surface area contributed by atoms with Gasteiger partial charge in [-0.25, -0.2) is 0 Å². The van der Waals surface area contributed by atoms with Crippen LogP contribution >= 0.6 is 15.9 Å². The lowest BCUT2D eigenvalue weighted by Crippen LogP contribution is -2.50. The van der Waals surface area contributed by atoms with Crippen LogP contribution < -0.4 is 0 Å². The van der Waals surface area contributed by atoms with Crippen molar-refractivity contribution in [2.75, 3.05) is 25.0 Å². The second-order valence-corrected chi connectivity index (χ2v) is 7.68. The highest BCUT2D eigenvalue weighted by molar-refractivity contribution is 9.09. The summed E-state index contributed by atoms with van der Waals surface area (Å²) in [5.74, 6) is 0.469. The van der Waals surface area contributed by atoms with E-state index in [0.29, 0.717) is 30.9 Å². The van der Waals surface area contributed by atoms with Gasteiger partial charge in [0, 0.05) is 31.0 Å². The van der Waals surface area contributed by atoms with Gasteiger partial charge in [0.05, 0.1) is 0 Å². The molecule has 0 bridgehead atoms. The zero-order valence-electron chi connectivity index (χ0n) is 10.9. The average molecular weight is 327 g/mol. The van der Waals surface area contributed by atoms with Crippen molar-refractivity contribution in [3.8, 4) is 0 Å². The SMILES string of the molecule is CC1CCCN(S(=O)(=O)N(CCBr)C(C)C)C1. The van der Waals surface area contributed by atoms with Crippen LogP contribution in [0.3, 0.4) is 0 Å². The molecular weight excluding hydrogens is 304 g/mol. The Labute approximate surface area is 114 Å². The van der Waals surface area contributed by atoms with E-state index in [-0.39, 0.29) is 6.04 Å². The molecule has 0 spiro atoms. The van der Waals surface area contributed by atoms with E-state index in [2.05, 4.69) is 22.9 Å². The molecule has 0 aromatic carbocycles. The van der Waals surface area contributed by atoms with Gasteiger partial charge >= 0.3 is 0 Å². The molecule has 1 aliphatic heterocycles. The van der Waals surface area contributed by atoms with Gasteiger partial charge in [0.15, 0.2) is 0 Å². The van der Waals surface area contributed by atoms with Crippen molar-refractivity contribution in [3.63, 3.8) is 0 Å². The second-order valence-electron chi connectivity index (χ2n) is 5.01. The quantitative estimate of drug-likeness (QED) is 0.726. The Morgan fingerprint density at radius 3 is 2.59 bits per heavy atom. The summed E-state index contributed by atoms with van der Waals surface area (Å²) in [5, 5.41) is 0.674. The maximum absolute atomic E-state index is 12.5. The third-order valence-corrected chi connectivity index (χ3v) is 5.66. The van der Waals surface area contributed by atoms with Gasteiger partial charge in [-0.2, -0.15) is 17.0 Å². The summed E-state index contributed by atoms with van der Waals surface area (Å²) in [6.07, 6.45) is 2.10. The number of hydrogen-bond acceptors (Lipinski definition) is 2. The fourth-order valence-electron chi connectivity index (χ4n) is 2.23. The Morgan fingerprint density at radius 1 is 1.47 bits per heavy atom. The highest BCUT2D eigenvalue weighted by atomic mass is 79.9. The molecule has 17 heavy (non-hydrogen) atoms. The van der Waals surface area contributed by atoms with Crippen LogP contribution in [0.5, 0.6) is 0 Å². The second kappa shape index (κ2) is 6.50. The Kier molecular flexibility index (Phi) is 5.89. The Balaban J connectivity index is 2.83. The maximum Gasteiger partial charge on any atom is 0.282 e. The molecule has 1 saturated heterocycles. The summed E-state index contributed by atoms with van der Waals surface area (Å²) in [5.41, 5.74) is 0. The lowest BCUT2D eigenvalue weighted by atomic mass is 10.0.